The molecule has 0 bridgehead atoms. The Hall–Kier alpha value is -6.79. The molecule has 0 atom stereocenters. The predicted octanol–water partition coefficient (Wildman–Crippen LogP) is 15.3. The Morgan fingerprint density at radius 2 is 0.964 bits per heavy atom. The topological polar surface area (TPSA) is 23.8 Å². The molecule has 0 saturated carbocycles. The summed E-state index contributed by atoms with van der Waals surface area (Å²) in [5.74, 6) is 0. The number of fused-ring (bicyclic) bond motifs is 7. The Bertz CT molecular complexity index is 3220. The maximum absolute atomic E-state index is 10.2. The smallest absolute Gasteiger partial charge is 0.0998 e. The van der Waals surface area contributed by atoms with Gasteiger partial charge in [-0.05, 0) is 101 Å². The zero-order chi connectivity index (χ0) is 36.5. The van der Waals surface area contributed by atoms with Crippen LogP contribution in [-0.4, -0.2) is 0 Å². The van der Waals surface area contributed by atoms with Crippen molar-refractivity contribution in [2.24, 2.45) is 0 Å². The van der Waals surface area contributed by atoms with Gasteiger partial charge in [-0.1, -0.05) is 164 Å². The van der Waals surface area contributed by atoms with Crippen molar-refractivity contribution in [1.82, 2.24) is 0 Å². The minimum Gasteiger partial charge on any atom is -0.192 e. The molecule has 1 aliphatic carbocycles. The van der Waals surface area contributed by atoms with Crippen molar-refractivity contribution in [2.45, 2.75) is 12.8 Å². The van der Waals surface area contributed by atoms with Gasteiger partial charge in [0.1, 0.15) is 0 Å². The van der Waals surface area contributed by atoms with Gasteiger partial charge in [0.05, 0.1) is 11.6 Å². The van der Waals surface area contributed by atoms with E-state index >= 15 is 0 Å². The molecule has 0 spiro atoms. The first kappa shape index (κ1) is 31.7. The van der Waals surface area contributed by atoms with Gasteiger partial charge in [0.2, 0.25) is 0 Å². The predicted molar refractivity (Wildman–Crippen MR) is 237 cm³/mol. The van der Waals surface area contributed by atoms with Gasteiger partial charge in [-0.2, -0.15) is 5.26 Å². The Kier molecular flexibility index (Phi) is 7.30. The molecule has 0 radical (unpaired) electrons. The van der Waals surface area contributed by atoms with Crippen LogP contribution in [0.15, 0.2) is 176 Å². The highest BCUT2D eigenvalue weighted by atomic mass is 32.1. The quantitative estimate of drug-likeness (QED) is 0.166. The van der Waals surface area contributed by atoms with Gasteiger partial charge in [-0.3, -0.25) is 0 Å². The fourth-order valence-corrected chi connectivity index (χ4v) is 10.5. The second-order valence-corrected chi connectivity index (χ2v) is 15.5. The first-order chi connectivity index (χ1) is 27.3. The van der Waals surface area contributed by atoms with E-state index in [-0.39, 0.29) is 0 Å². The van der Waals surface area contributed by atoms with Crippen LogP contribution in [0.3, 0.4) is 0 Å². The number of thiophene rings is 1. The van der Waals surface area contributed by atoms with Crippen LogP contribution in [-0.2, 0) is 0 Å². The third kappa shape index (κ3) is 4.84. The summed E-state index contributed by atoms with van der Waals surface area (Å²) in [6.07, 6.45) is 8.92. The molecular weight excluding hydrogens is 683 g/mol. The van der Waals surface area contributed by atoms with Crippen molar-refractivity contribution in [3.8, 4) is 39.4 Å². The summed E-state index contributed by atoms with van der Waals surface area (Å²) in [7, 11) is 0. The highest BCUT2D eigenvalue weighted by molar-refractivity contribution is 7.26. The Morgan fingerprint density at radius 1 is 0.455 bits per heavy atom. The molecule has 1 nitrogen and oxygen atoms in total. The fraction of sp³-hybridized carbons (Fsp3) is 0.0377. The molecule has 1 aliphatic rings. The summed E-state index contributed by atoms with van der Waals surface area (Å²) in [5, 5.41) is 22.6. The zero-order valence-corrected chi connectivity index (χ0v) is 30.8. The van der Waals surface area contributed by atoms with Crippen LogP contribution in [0.2, 0.25) is 0 Å². The molecule has 0 N–H and O–H groups in total. The van der Waals surface area contributed by atoms with Crippen LogP contribution in [0, 0.1) is 11.3 Å². The number of nitriles is 1. The summed E-state index contributed by atoms with van der Waals surface area (Å²) in [6.45, 7) is 0. The maximum Gasteiger partial charge on any atom is 0.0998 e. The molecule has 0 fully saturated rings. The molecule has 0 unspecified atom stereocenters. The van der Waals surface area contributed by atoms with Gasteiger partial charge in [-0.25, -0.2) is 0 Å². The molecule has 1 aromatic heterocycles. The van der Waals surface area contributed by atoms with Crippen LogP contribution < -0.4 is 0 Å². The molecule has 0 amide bonds. The first-order valence-electron chi connectivity index (χ1n) is 19.0. The van der Waals surface area contributed by atoms with Gasteiger partial charge in [0.15, 0.2) is 0 Å². The number of rotatable bonds is 4. The van der Waals surface area contributed by atoms with Crippen LogP contribution in [0.5, 0.6) is 0 Å². The Morgan fingerprint density at radius 3 is 1.55 bits per heavy atom. The highest BCUT2D eigenvalue weighted by Gasteiger charge is 2.22. The van der Waals surface area contributed by atoms with Gasteiger partial charge in [-0.15, -0.1) is 11.3 Å². The number of hydrogen-bond donors (Lipinski definition) is 0. The third-order valence-corrected chi connectivity index (χ3v) is 12.8. The molecule has 0 aliphatic heterocycles. The Balaban J connectivity index is 1.17. The minimum absolute atomic E-state index is 0.686. The van der Waals surface area contributed by atoms with Crippen LogP contribution >= 0.6 is 11.3 Å². The maximum atomic E-state index is 10.2. The van der Waals surface area contributed by atoms with Crippen molar-refractivity contribution in [3.63, 3.8) is 0 Å². The minimum atomic E-state index is 0.686. The molecule has 9 aromatic carbocycles. The van der Waals surface area contributed by atoms with Gasteiger partial charge >= 0.3 is 0 Å². The molecule has 256 valence electrons. The van der Waals surface area contributed by atoms with E-state index in [9.17, 15) is 5.26 Å². The van der Waals surface area contributed by atoms with Crippen molar-refractivity contribution in [1.29, 1.82) is 5.26 Å². The van der Waals surface area contributed by atoms with E-state index in [4.69, 9.17) is 0 Å². The highest BCUT2D eigenvalue weighted by Crippen LogP contribution is 2.49. The van der Waals surface area contributed by atoms with Gasteiger partial charge in [0.25, 0.3) is 0 Å². The molecule has 55 heavy (non-hydrogen) atoms. The molecule has 11 rings (SSSR count). The lowest BCUT2D eigenvalue weighted by Crippen LogP contribution is -1.95. The lowest BCUT2D eigenvalue weighted by atomic mass is 9.84. The largest absolute Gasteiger partial charge is 0.192 e. The second-order valence-electron chi connectivity index (χ2n) is 14.5. The van der Waals surface area contributed by atoms with E-state index in [1.54, 1.807) is 0 Å². The van der Waals surface area contributed by atoms with Gasteiger partial charge < -0.3 is 0 Å². The average molecular weight is 716 g/mol. The molecule has 0 saturated heterocycles. The molecular formula is C53H33NS. The van der Waals surface area contributed by atoms with Crippen LogP contribution in [0.4, 0.5) is 0 Å². The summed E-state index contributed by atoms with van der Waals surface area (Å²) in [4.78, 5) is 0. The van der Waals surface area contributed by atoms with Gasteiger partial charge in [0, 0.05) is 31.3 Å². The SMILES string of the molecule is N#Cc1ccccc1-c1c2ccccc2c(-c2cccc3c2sc2cc(-c4c5ccccc5c(C5=CC=CCC5)c5ccccc45)ccc23)c2ccccc12. The summed E-state index contributed by atoms with van der Waals surface area (Å²) in [6, 6.07) is 59.8. The van der Waals surface area contributed by atoms with E-state index in [1.165, 1.54) is 85.9 Å². The van der Waals surface area contributed by atoms with Crippen LogP contribution in [0.1, 0.15) is 24.0 Å². The van der Waals surface area contributed by atoms with E-state index in [0.29, 0.717) is 5.56 Å². The zero-order valence-electron chi connectivity index (χ0n) is 30.0. The van der Waals surface area contributed by atoms with Crippen LogP contribution in [0.25, 0.3) is 102 Å². The standard InChI is InChI=1S/C53H33NS/c54-32-35-17-4-5-18-36(35)51-42-23-10-12-25-44(42)52(45-26-13-11-24-43(45)51)47-28-14-27-46-37-30-29-34(31-48(37)55-53(46)47)50-40-21-8-6-19-38(40)49(33-15-2-1-3-16-33)39-20-7-9-22-41(39)50/h1-2,4-15,17-31H,3,16H2. The second kappa shape index (κ2) is 12.7. The normalized spacial score (nSPS) is 13.0. The number of nitrogens with zero attached hydrogens (tertiary/aromatic N) is 1. The number of hydrogen-bond acceptors (Lipinski definition) is 2. The lowest BCUT2D eigenvalue weighted by Gasteiger charge is -2.20. The number of benzene rings is 9. The monoisotopic (exact) mass is 715 g/mol. The molecule has 2 heteroatoms. The molecule has 1 heterocycles. The van der Waals surface area contributed by atoms with E-state index in [1.807, 2.05) is 29.5 Å². The Labute approximate surface area is 323 Å². The third-order valence-electron chi connectivity index (χ3n) is 11.6. The van der Waals surface area contributed by atoms with E-state index in [0.717, 1.165) is 34.7 Å². The average Bonchev–Trinajstić information content (AvgIpc) is 3.63. The lowest BCUT2D eigenvalue weighted by molar-refractivity contribution is 1.06. The first-order valence-corrected chi connectivity index (χ1v) is 19.8. The number of allylic oxidation sites excluding steroid dienone is 4. The van der Waals surface area contributed by atoms with E-state index < -0.39 is 0 Å². The van der Waals surface area contributed by atoms with E-state index in [2.05, 4.69) is 164 Å². The van der Waals surface area contributed by atoms with Crippen molar-refractivity contribution in [3.05, 3.63) is 187 Å². The summed E-state index contributed by atoms with van der Waals surface area (Å²) >= 11 is 1.89. The van der Waals surface area contributed by atoms with Crippen molar-refractivity contribution >= 4 is 80.2 Å². The molecule has 10 aromatic rings. The fourth-order valence-electron chi connectivity index (χ4n) is 9.25. The summed E-state index contributed by atoms with van der Waals surface area (Å²) in [5.41, 5.74) is 10.6. The van der Waals surface area contributed by atoms with Crippen molar-refractivity contribution in [2.75, 3.05) is 0 Å². The van der Waals surface area contributed by atoms with Crippen molar-refractivity contribution < 1.29 is 0 Å². The summed E-state index contributed by atoms with van der Waals surface area (Å²) < 4.78 is 2.57.